The zero-order valence-corrected chi connectivity index (χ0v) is 11.2. The molecular weight excluding hydrogens is 232 g/mol. The highest BCUT2D eigenvalue weighted by molar-refractivity contribution is 5.85. The third kappa shape index (κ3) is 2.52. The van der Waals surface area contributed by atoms with Crippen LogP contribution >= 0.6 is 0 Å². The third-order valence-electron chi connectivity index (χ3n) is 4.19. The monoisotopic (exact) mass is 254 g/mol. The summed E-state index contributed by atoms with van der Waals surface area (Å²) in [5, 5.41) is 0. The van der Waals surface area contributed by atoms with Crippen LogP contribution in [-0.2, 0) is 19.1 Å². The largest absolute Gasteiger partial charge is 0.466 e. The van der Waals surface area contributed by atoms with Gasteiger partial charge in [0, 0.05) is 0 Å². The van der Waals surface area contributed by atoms with Gasteiger partial charge in [-0.2, -0.15) is 0 Å². The highest BCUT2D eigenvalue weighted by atomic mass is 16.6. The number of hydrogen-bond acceptors (Lipinski definition) is 4. The standard InChI is InChI=1S/C14H22O4/c1-3-17-14(16)11-9(2)13(15)18-12(11)10-7-5-4-6-8-10/h9-12H,3-8H2,1-2H3/t9-,11-,12-/m1/s1. The number of carbonyl (C=O) groups excluding carboxylic acids is 2. The molecule has 102 valence electrons. The molecule has 0 bridgehead atoms. The van der Waals surface area contributed by atoms with Crippen LogP contribution in [-0.4, -0.2) is 24.6 Å². The molecule has 0 radical (unpaired) electrons. The van der Waals surface area contributed by atoms with Crippen LogP contribution in [0.15, 0.2) is 0 Å². The van der Waals surface area contributed by atoms with Crippen LogP contribution in [0.1, 0.15) is 46.0 Å². The van der Waals surface area contributed by atoms with E-state index in [0.29, 0.717) is 12.5 Å². The molecule has 1 aliphatic heterocycles. The van der Waals surface area contributed by atoms with Gasteiger partial charge in [0.2, 0.25) is 0 Å². The second kappa shape index (κ2) is 5.72. The van der Waals surface area contributed by atoms with Crippen molar-refractivity contribution in [2.45, 2.75) is 52.1 Å². The van der Waals surface area contributed by atoms with E-state index in [2.05, 4.69) is 0 Å². The zero-order chi connectivity index (χ0) is 13.1. The average molecular weight is 254 g/mol. The Morgan fingerprint density at radius 1 is 1.33 bits per heavy atom. The Labute approximate surface area is 108 Å². The first kappa shape index (κ1) is 13.4. The first-order valence-electron chi connectivity index (χ1n) is 7.02. The Morgan fingerprint density at radius 3 is 2.61 bits per heavy atom. The van der Waals surface area contributed by atoms with Gasteiger partial charge in [0.1, 0.15) is 12.0 Å². The maximum Gasteiger partial charge on any atom is 0.313 e. The van der Waals surface area contributed by atoms with Gasteiger partial charge >= 0.3 is 11.9 Å². The smallest absolute Gasteiger partial charge is 0.313 e. The molecule has 18 heavy (non-hydrogen) atoms. The van der Waals surface area contributed by atoms with Gasteiger partial charge in [-0.05, 0) is 25.7 Å². The molecule has 1 saturated heterocycles. The summed E-state index contributed by atoms with van der Waals surface area (Å²) in [6.45, 7) is 3.91. The number of ether oxygens (including phenoxy) is 2. The summed E-state index contributed by atoms with van der Waals surface area (Å²) in [7, 11) is 0. The van der Waals surface area contributed by atoms with E-state index in [1.807, 2.05) is 0 Å². The van der Waals surface area contributed by atoms with E-state index in [-0.39, 0.29) is 24.0 Å². The first-order chi connectivity index (χ1) is 8.65. The second-order valence-corrected chi connectivity index (χ2v) is 5.37. The van der Waals surface area contributed by atoms with E-state index in [1.54, 1.807) is 13.8 Å². The summed E-state index contributed by atoms with van der Waals surface area (Å²) in [6.07, 6.45) is 5.44. The molecular formula is C14H22O4. The Bertz CT molecular complexity index is 320. The molecule has 0 amide bonds. The molecule has 2 rings (SSSR count). The Kier molecular flexibility index (Phi) is 4.25. The average Bonchev–Trinajstić information content (AvgIpc) is 2.67. The van der Waals surface area contributed by atoms with Crippen LogP contribution in [0.5, 0.6) is 0 Å². The number of carbonyl (C=O) groups is 2. The molecule has 0 aromatic heterocycles. The predicted octanol–water partition coefficient (Wildman–Crippen LogP) is 2.31. The molecule has 0 spiro atoms. The zero-order valence-electron chi connectivity index (χ0n) is 11.2. The number of rotatable bonds is 3. The van der Waals surface area contributed by atoms with E-state index in [4.69, 9.17) is 9.47 Å². The first-order valence-corrected chi connectivity index (χ1v) is 7.02. The number of cyclic esters (lactones) is 1. The van der Waals surface area contributed by atoms with Gasteiger partial charge < -0.3 is 9.47 Å². The van der Waals surface area contributed by atoms with E-state index in [9.17, 15) is 9.59 Å². The molecule has 4 nitrogen and oxygen atoms in total. The van der Waals surface area contributed by atoms with Crippen molar-refractivity contribution < 1.29 is 19.1 Å². The molecule has 0 N–H and O–H groups in total. The lowest BCUT2D eigenvalue weighted by molar-refractivity contribution is -0.152. The van der Waals surface area contributed by atoms with Gasteiger partial charge in [0.05, 0.1) is 12.5 Å². The molecule has 0 unspecified atom stereocenters. The van der Waals surface area contributed by atoms with Gasteiger partial charge in [0.15, 0.2) is 0 Å². The molecule has 1 heterocycles. The lowest BCUT2D eigenvalue weighted by atomic mass is 9.78. The summed E-state index contributed by atoms with van der Waals surface area (Å²) in [5.41, 5.74) is 0. The van der Waals surface area contributed by atoms with Crippen LogP contribution in [0.4, 0.5) is 0 Å². The van der Waals surface area contributed by atoms with Crippen molar-refractivity contribution in [3.8, 4) is 0 Å². The molecule has 4 heteroatoms. The minimum absolute atomic E-state index is 0.247. The molecule has 2 fully saturated rings. The summed E-state index contributed by atoms with van der Waals surface area (Å²) in [5.74, 6) is -0.950. The summed E-state index contributed by atoms with van der Waals surface area (Å²) >= 11 is 0. The predicted molar refractivity (Wildman–Crippen MR) is 65.7 cm³/mol. The third-order valence-corrected chi connectivity index (χ3v) is 4.19. The fourth-order valence-corrected chi connectivity index (χ4v) is 3.17. The van der Waals surface area contributed by atoms with Crippen LogP contribution in [0.2, 0.25) is 0 Å². The van der Waals surface area contributed by atoms with Crippen molar-refractivity contribution in [1.82, 2.24) is 0 Å². The SMILES string of the molecule is CCOC(=O)[C@H]1[C@@H](C2CCCCC2)OC(=O)[C@@H]1C. The summed E-state index contributed by atoms with van der Waals surface area (Å²) in [4.78, 5) is 23.7. The lowest BCUT2D eigenvalue weighted by Gasteiger charge is -2.29. The molecule has 0 aromatic rings. The van der Waals surface area contributed by atoms with Gasteiger partial charge in [-0.3, -0.25) is 9.59 Å². The van der Waals surface area contributed by atoms with E-state index in [1.165, 1.54) is 19.3 Å². The summed E-state index contributed by atoms with van der Waals surface area (Å²) in [6, 6.07) is 0. The Balaban J connectivity index is 2.10. The molecule has 3 atom stereocenters. The normalized spacial score (nSPS) is 33.2. The van der Waals surface area contributed by atoms with Crippen molar-refractivity contribution in [2.75, 3.05) is 6.61 Å². The number of esters is 2. The fourth-order valence-electron chi connectivity index (χ4n) is 3.17. The second-order valence-electron chi connectivity index (χ2n) is 5.37. The van der Waals surface area contributed by atoms with Crippen LogP contribution in [0.3, 0.4) is 0 Å². The molecule has 1 aliphatic carbocycles. The minimum Gasteiger partial charge on any atom is -0.466 e. The quantitative estimate of drug-likeness (QED) is 0.725. The maximum absolute atomic E-state index is 12.0. The van der Waals surface area contributed by atoms with Gasteiger partial charge in [-0.1, -0.05) is 26.2 Å². The van der Waals surface area contributed by atoms with E-state index < -0.39 is 5.92 Å². The lowest BCUT2D eigenvalue weighted by Crippen LogP contribution is -2.35. The van der Waals surface area contributed by atoms with Gasteiger partial charge in [-0.25, -0.2) is 0 Å². The highest BCUT2D eigenvalue weighted by Crippen LogP contribution is 2.39. The minimum atomic E-state index is -0.402. The topological polar surface area (TPSA) is 52.6 Å². The van der Waals surface area contributed by atoms with Crippen molar-refractivity contribution in [1.29, 1.82) is 0 Å². The van der Waals surface area contributed by atoms with Crippen molar-refractivity contribution in [2.24, 2.45) is 17.8 Å². The van der Waals surface area contributed by atoms with E-state index in [0.717, 1.165) is 12.8 Å². The molecule has 2 aliphatic rings. The number of hydrogen-bond donors (Lipinski definition) is 0. The van der Waals surface area contributed by atoms with Crippen LogP contribution in [0, 0.1) is 17.8 Å². The van der Waals surface area contributed by atoms with Gasteiger partial charge in [0.25, 0.3) is 0 Å². The fraction of sp³-hybridized carbons (Fsp3) is 0.857. The van der Waals surface area contributed by atoms with Gasteiger partial charge in [-0.15, -0.1) is 0 Å². The van der Waals surface area contributed by atoms with Crippen LogP contribution in [0.25, 0.3) is 0 Å². The Hall–Kier alpha value is -1.06. The molecule has 0 aromatic carbocycles. The van der Waals surface area contributed by atoms with Crippen molar-refractivity contribution in [3.63, 3.8) is 0 Å². The highest BCUT2D eigenvalue weighted by Gasteiger charge is 2.50. The molecule has 1 saturated carbocycles. The van der Waals surface area contributed by atoms with E-state index >= 15 is 0 Å². The van der Waals surface area contributed by atoms with Crippen LogP contribution < -0.4 is 0 Å². The Morgan fingerprint density at radius 2 is 2.00 bits per heavy atom. The van der Waals surface area contributed by atoms with Crippen molar-refractivity contribution >= 4 is 11.9 Å². The van der Waals surface area contributed by atoms with Crippen molar-refractivity contribution in [3.05, 3.63) is 0 Å². The summed E-state index contributed by atoms with van der Waals surface area (Å²) < 4.78 is 10.5. The maximum atomic E-state index is 12.0.